The maximum Gasteiger partial charge on any atom is 0.206 e. The molecule has 2 aromatic rings. The van der Waals surface area contributed by atoms with Crippen LogP contribution in [0.4, 0.5) is 11.4 Å². The Labute approximate surface area is 350 Å². The molecule has 20 nitrogen and oxygen atoms in total. The molecule has 0 saturated carbocycles. The highest BCUT2D eigenvalue weighted by Crippen LogP contribution is 2.20. The summed E-state index contributed by atoms with van der Waals surface area (Å²) >= 11 is 0. The minimum atomic E-state index is -0.345. The number of nitrogens with one attached hydrogen (secondary N) is 10. The first-order valence-corrected chi connectivity index (χ1v) is 16.0. The van der Waals surface area contributed by atoms with Gasteiger partial charge in [-0.3, -0.25) is 31.2 Å². The van der Waals surface area contributed by atoms with Gasteiger partial charge in [0.25, 0.3) is 0 Å². The number of carbonyl (C=O) groups is 2. The summed E-state index contributed by atoms with van der Waals surface area (Å²) in [5.41, 5.74) is 35.8. The Balaban J connectivity index is -0.00000702. The van der Waals surface area contributed by atoms with Crippen LogP contribution in [0.25, 0.3) is 0 Å². The number of ketones is 2. The zero-order valence-electron chi connectivity index (χ0n) is 31.3. The van der Waals surface area contributed by atoms with Gasteiger partial charge in [-0.05, 0) is 76.9 Å². The molecule has 24 heteroatoms. The average Bonchev–Trinajstić information content (AvgIpc) is 3.07. The number of halogens is 4. The first-order valence-electron chi connectivity index (χ1n) is 16.0. The van der Waals surface area contributed by atoms with E-state index in [0.29, 0.717) is 82.4 Å². The van der Waals surface area contributed by atoms with E-state index in [1.807, 2.05) is 18.2 Å². The van der Waals surface area contributed by atoms with Gasteiger partial charge in [0, 0.05) is 46.5 Å². The maximum atomic E-state index is 12.0. The summed E-state index contributed by atoms with van der Waals surface area (Å²) in [5.74, 6) is -0.748. The molecule has 0 aliphatic rings. The Morgan fingerprint density at radius 2 is 0.768 bits per heavy atom. The van der Waals surface area contributed by atoms with Crippen LogP contribution in [0.1, 0.15) is 98.1 Å². The first-order chi connectivity index (χ1) is 24.5. The predicted molar refractivity (Wildman–Crippen MR) is 236 cm³/mol. The molecule has 0 amide bonds. The summed E-state index contributed by atoms with van der Waals surface area (Å²) in [6.07, 6.45) is 3.94. The van der Waals surface area contributed by atoms with Crippen molar-refractivity contribution in [3.63, 3.8) is 0 Å². The second-order valence-electron chi connectivity index (χ2n) is 11.5. The van der Waals surface area contributed by atoms with Crippen molar-refractivity contribution in [2.75, 3.05) is 10.6 Å². The maximum absolute atomic E-state index is 12.0. The Kier molecular flexibility index (Phi) is 27.1. The molecular weight excluding hydrogens is 810 g/mol. The number of benzene rings is 2. The predicted octanol–water partition coefficient (Wildman–Crippen LogP) is 3.65. The molecule has 0 spiro atoms. The van der Waals surface area contributed by atoms with Gasteiger partial charge in [-0.15, -0.1) is 49.6 Å². The van der Waals surface area contributed by atoms with Crippen LogP contribution in [-0.4, -0.2) is 58.5 Å². The van der Waals surface area contributed by atoms with E-state index in [2.05, 4.69) is 52.7 Å². The number of anilines is 2. The van der Waals surface area contributed by atoms with Crippen LogP contribution in [0.5, 0.6) is 0 Å². The van der Waals surface area contributed by atoms with E-state index in [-0.39, 0.29) is 85.0 Å². The summed E-state index contributed by atoms with van der Waals surface area (Å²) in [6.45, 7) is 6.31. The lowest BCUT2D eigenvalue weighted by Crippen LogP contribution is -2.28. The lowest BCUT2D eigenvalue weighted by molar-refractivity contribution is 0.101. The Hall–Kier alpha value is -5.70. The fourth-order valence-electron chi connectivity index (χ4n) is 4.46. The van der Waals surface area contributed by atoms with Crippen LogP contribution in [0, 0.1) is 21.6 Å². The Morgan fingerprint density at radius 3 is 1.07 bits per heavy atom. The smallest absolute Gasteiger partial charge is 0.206 e. The number of amidine groups is 2. The molecule has 0 heterocycles. The van der Waals surface area contributed by atoms with E-state index < -0.39 is 0 Å². The van der Waals surface area contributed by atoms with Gasteiger partial charge >= 0.3 is 0 Å². The zero-order chi connectivity index (χ0) is 38.8. The van der Waals surface area contributed by atoms with Crippen LogP contribution in [0.15, 0.2) is 56.8 Å². The normalized spacial score (nSPS) is 11.1. The molecule has 0 fully saturated rings. The largest absolute Gasteiger partial charge is 0.369 e. The zero-order valence-corrected chi connectivity index (χ0v) is 34.5. The van der Waals surface area contributed by atoms with Crippen molar-refractivity contribution in [1.82, 2.24) is 21.7 Å². The van der Waals surface area contributed by atoms with Gasteiger partial charge in [-0.1, -0.05) is 12.8 Å². The standard InChI is InChI=1S/C32H48N18O2.4ClH/c1-17(43-47-29(33)34)21-11-22(18(2)44-48-30(35)36)14-25(13-21)41-27(45-49-31(37)38)9-7-5-6-8-10-28(46-50-32(39)40)42-26-15-23(19(3)51)12-24(16-26)20(4)52;;;;/h11-16H,5-10H2,1-4H3,(H,41,45)(H,42,46)(H4,33,34,47)(H4,35,36,48)(H4,37,38,49)(H4,39,40,50);4*1H. The summed E-state index contributed by atoms with van der Waals surface area (Å²) in [4.78, 5) is 24.1. The topological polar surface area (TPSA) is 355 Å². The third-order valence-corrected chi connectivity index (χ3v) is 6.98. The fourth-order valence-corrected chi connectivity index (χ4v) is 4.46. The number of hydrogen-bond donors (Lipinski definition) is 14. The summed E-state index contributed by atoms with van der Waals surface area (Å²) in [7, 11) is 0. The highest BCUT2D eigenvalue weighted by molar-refractivity contribution is 6.07. The molecular formula is C32H52Cl4N18O2. The number of guanidine groups is 4. The van der Waals surface area contributed by atoms with Crippen molar-refractivity contribution in [3.05, 3.63) is 58.7 Å². The van der Waals surface area contributed by atoms with Gasteiger partial charge in [0.05, 0.1) is 11.4 Å². The van der Waals surface area contributed by atoms with Crippen molar-refractivity contribution < 1.29 is 9.59 Å². The van der Waals surface area contributed by atoms with E-state index in [9.17, 15) is 9.59 Å². The molecule has 0 aliphatic carbocycles. The van der Waals surface area contributed by atoms with Crippen LogP contribution in [-0.2, 0) is 0 Å². The number of Topliss-reactive ketones (excluding diaryl/α,β-unsaturated/α-hetero) is 2. The van der Waals surface area contributed by atoms with Gasteiger partial charge in [0.15, 0.2) is 11.6 Å². The van der Waals surface area contributed by atoms with Crippen molar-refractivity contribution in [3.8, 4) is 0 Å². The molecule has 0 aromatic heterocycles. The molecule has 0 radical (unpaired) electrons. The van der Waals surface area contributed by atoms with E-state index in [0.717, 1.165) is 12.8 Å². The van der Waals surface area contributed by atoms with E-state index in [4.69, 9.17) is 44.6 Å². The SMILES string of the molecule is CC(=O)c1cc(NC(CCCCCCC(=NNC(=N)N)Nc2cc(C(C)=NNC(=N)N)cc(C(C)=NNC(=N)N)c2)=NNC(=N)N)cc(C(C)=O)c1.Cl.Cl.Cl.Cl. The lowest BCUT2D eigenvalue weighted by Gasteiger charge is -2.14. The third kappa shape index (κ3) is 21.3. The lowest BCUT2D eigenvalue weighted by atomic mass is 10.0. The van der Waals surface area contributed by atoms with Gasteiger partial charge in [0.1, 0.15) is 11.7 Å². The summed E-state index contributed by atoms with van der Waals surface area (Å²) < 4.78 is 0. The van der Waals surface area contributed by atoms with Crippen LogP contribution in [0.2, 0.25) is 0 Å². The first kappa shape index (κ1) is 54.6. The fraction of sp³-hybridized carbons (Fsp3) is 0.312. The van der Waals surface area contributed by atoms with Crippen molar-refractivity contribution in [2.45, 2.75) is 66.2 Å². The molecule has 0 unspecified atom stereocenters. The van der Waals surface area contributed by atoms with Gasteiger partial charge in [-0.25, -0.2) is 21.7 Å². The molecule has 310 valence electrons. The molecule has 18 N–H and O–H groups in total. The van der Waals surface area contributed by atoms with Crippen LogP contribution in [0.3, 0.4) is 0 Å². The number of rotatable bonds is 17. The van der Waals surface area contributed by atoms with Crippen molar-refractivity contribution in [1.29, 1.82) is 21.6 Å². The minimum Gasteiger partial charge on any atom is -0.369 e. The molecule has 0 bridgehead atoms. The minimum absolute atomic E-state index is 0. The van der Waals surface area contributed by atoms with Gasteiger partial charge in [0.2, 0.25) is 23.8 Å². The summed E-state index contributed by atoms with van der Waals surface area (Å²) in [5, 5.41) is 53.0. The van der Waals surface area contributed by atoms with Crippen molar-refractivity contribution in [2.24, 2.45) is 43.3 Å². The Bertz CT molecular complexity index is 1730. The number of unbranched alkanes of at least 4 members (excludes halogenated alkanes) is 3. The van der Waals surface area contributed by atoms with Crippen LogP contribution >= 0.6 is 49.6 Å². The molecule has 0 saturated heterocycles. The summed E-state index contributed by atoms with van der Waals surface area (Å²) in [6, 6.07) is 10.3. The molecule has 2 rings (SSSR count). The van der Waals surface area contributed by atoms with E-state index in [1.165, 1.54) is 13.8 Å². The number of hydrogen-bond acceptors (Lipinski definition) is 10. The van der Waals surface area contributed by atoms with Crippen molar-refractivity contribution >= 4 is 120 Å². The molecule has 56 heavy (non-hydrogen) atoms. The highest BCUT2D eigenvalue weighted by Gasteiger charge is 2.12. The molecule has 2 aromatic carbocycles. The monoisotopic (exact) mass is 860 g/mol. The number of hydrazone groups is 4. The second kappa shape index (κ2) is 27.8. The molecule has 0 aliphatic heterocycles. The quantitative estimate of drug-likeness (QED) is 0.0356. The average molecular weight is 863 g/mol. The third-order valence-electron chi connectivity index (χ3n) is 6.98. The van der Waals surface area contributed by atoms with Gasteiger partial charge in [-0.2, -0.15) is 20.4 Å². The number of carbonyl (C=O) groups excluding carboxylic acids is 2. The number of nitrogens with zero attached hydrogens (tertiary/aromatic N) is 4. The van der Waals surface area contributed by atoms with E-state index >= 15 is 0 Å². The number of nitrogens with two attached hydrogens (primary N) is 4. The second-order valence-corrected chi connectivity index (χ2v) is 11.5. The van der Waals surface area contributed by atoms with Crippen LogP contribution < -0.4 is 55.3 Å². The Morgan fingerprint density at radius 1 is 0.482 bits per heavy atom. The highest BCUT2D eigenvalue weighted by atomic mass is 35.5. The van der Waals surface area contributed by atoms with Gasteiger partial charge < -0.3 is 33.6 Å². The van der Waals surface area contributed by atoms with E-state index in [1.54, 1.807) is 32.0 Å². The molecule has 0 atom stereocenters.